The van der Waals surface area contributed by atoms with Gasteiger partial charge in [-0.2, -0.15) is 13.2 Å². The molecule has 0 saturated carbocycles. The molecular weight excluding hydrogens is 275 g/mol. The van der Waals surface area contributed by atoms with Crippen LogP contribution < -0.4 is 10.2 Å². The highest BCUT2D eigenvalue weighted by molar-refractivity contribution is 5.65. The average Bonchev–Trinajstić information content (AvgIpc) is 2.75. The summed E-state index contributed by atoms with van der Waals surface area (Å²) in [6, 6.07) is 0.786. The van der Waals surface area contributed by atoms with Crippen LogP contribution in [0.2, 0.25) is 0 Å². The Morgan fingerprint density at radius 1 is 1.55 bits per heavy atom. The van der Waals surface area contributed by atoms with Crippen molar-refractivity contribution in [3.63, 3.8) is 0 Å². The summed E-state index contributed by atoms with van der Waals surface area (Å²) in [5.74, 6) is 0. The monoisotopic (exact) mass is 289 g/mol. The van der Waals surface area contributed by atoms with E-state index in [4.69, 9.17) is 5.11 Å². The lowest BCUT2D eigenvalue weighted by Gasteiger charge is -2.20. The first-order chi connectivity index (χ1) is 9.27. The van der Waals surface area contributed by atoms with Crippen LogP contribution >= 0.6 is 0 Å². The van der Waals surface area contributed by atoms with E-state index < -0.39 is 17.8 Å². The molecule has 110 valence electrons. The number of carbonyl (C=O) groups is 1. The van der Waals surface area contributed by atoms with E-state index in [2.05, 4.69) is 10.3 Å². The highest BCUT2D eigenvalue weighted by Gasteiger charge is 2.34. The van der Waals surface area contributed by atoms with Gasteiger partial charge in [-0.05, 0) is 19.4 Å². The Balaban J connectivity index is 2.17. The van der Waals surface area contributed by atoms with Gasteiger partial charge < -0.3 is 15.3 Å². The number of aryl methyl sites for hydroxylation is 1. The molecule has 2 rings (SSSR count). The maximum Gasteiger partial charge on any atom is 0.418 e. The summed E-state index contributed by atoms with van der Waals surface area (Å²) in [5.41, 5.74) is -0.470. The van der Waals surface area contributed by atoms with E-state index in [1.54, 1.807) is 4.90 Å². The van der Waals surface area contributed by atoms with Gasteiger partial charge in [-0.3, -0.25) is 4.98 Å². The highest BCUT2D eigenvalue weighted by atomic mass is 19.4. The molecule has 0 radical (unpaired) electrons. The molecule has 1 aromatic heterocycles. The SMILES string of the molecule is Cc1ncc(N2CC[C@@H](NC(=O)O)C2)cc1C(F)(F)F. The molecule has 8 heteroatoms. The minimum absolute atomic E-state index is 0.0688. The Kier molecular flexibility index (Phi) is 3.74. The van der Waals surface area contributed by atoms with Crippen LogP contribution in [0.4, 0.5) is 23.7 Å². The van der Waals surface area contributed by atoms with Crippen molar-refractivity contribution < 1.29 is 23.1 Å². The van der Waals surface area contributed by atoms with Crippen molar-refractivity contribution in [1.82, 2.24) is 10.3 Å². The molecule has 5 nitrogen and oxygen atoms in total. The molecule has 1 aliphatic heterocycles. The van der Waals surface area contributed by atoms with Crippen molar-refractivity contribution in [2.75, 3.05) is 18.0 Å². The molecule has 1 amide bonds. The number of nitrogens with zero attached hydrogens (tertiary/aromatic N) is 2. The van der Waals surface area contributed by atoms with Crippen LogP contribution in [0.5, 0.6) is 0 Å². The van der Waals surface area contributed by atoms with Gasteiger partial charge in [0.05, 0.1) is 23.5 Å². The van der Waals surface area contributed by atoms with Gasteiger partial charge in [-0.25, -0.2) is 4.79 Å². The normalized spacial score (nSPS) is 19.2. The summed E-state index contributed by atoms with van der Waals surface area (Å²) in [4.78, 5) is 16.0. The smallest absolute Gasteiger partial charge is 0.418 e. The first-order valence-corrected chi connectivity index (χ1v) is 6.05. The molecule has 1 aliphatic rings. The predicted octanol–water partition coefficient (Wildman–Crippen LogP) is 2.26. The maximum atomic E-state index is 12.8. The van der Waals surface area contributed by atoms with E-state index in [1.807, 2.05) is 0 Å². The van der Waals surface area contributed by atoms with Crippen LogP contribution in [0.3, 0.4) is 0 Å². The Morgan fingerprint density at radius 2 is 2.25 bits per heavy atom. The van der Waals surface area contributed by atoms with Gasteiger partial charge in [0.15, 0.2) is 0 Å². The average molecular weight is 289 g/mol. The molecule has 0 unspecified atom stereocenters. The molecule has 0 aliphatic carbocycles. The second-order valence-corrected chi connectivity index (χ2v) is 4.71. The van der Waals surface area contributed by atoms with Gasteiger partial charge in [0.25, 0.3) is 0 Å². The fourth-order valence-corrected chi connectivity index (χ4v) is 2.27. The number of rotatable bonds is 2. The van der Waals surface area contributed by atoms with E-state index >= 15 is 0 Å². The molecule has 20 heavy (non-hydrogen) atoms. The van der Waals surface area contributed by atoms with Gasteiger partial charge in [-0.15, -0.1) is 0 Å². The molecule has 0 aromatic carbocycles. The van der Waals surface area contributed by atoms with Crippen LogP contribution in [-0.2, 0) is 6.18 Å². The van der Waals surface area contributed by atoms with Crippen LogP contribution in [0.15, 0.2) is 12.3 Å². The van der Waals surface area contributed by atoms with Crippen molar-refractivity contribution in [2.45, 2.75) is 25.6 Å². The van der Waals surface area contributed by atoms with Crippen molar-refractivity contribution in [3.8, 4) is 0 Å². The molecule has 1 aromatic rings. The zero-order chi connectivity index (χ0) is 14.9. The number of halogens is 3. The third-order valence-corrected chi connectivity index (χ3v) is 3.26. The van der Waals surface area contributed by atoms with Crippen molar-refractivity contribution >= 4 is 11.8 Å². The molecule has 1 atom stereocenters. The summed E-state index contributed by atoms with van der Waals surface area (Å²) in [6.45, 7) is 2.15. The minimum Gasteiger partial charge on any atom is -0.465 e. The number of anilines is 1. The Bertz CT molecular complexity index is 519. The van der Waals surface area contributed by atoms with E-state index in [0.717, 1.165) is 6.07 Å². The molecule has 2 N–H and O–H groups in total. The summed E-state index contributed by atoms with van der Waals surface area (Å²) in [6.07, 6.45) is -3.63. The number of hydrogen-bond donors (Lipinski definition) is 2. The molecule has 1 saturated heterocycles. The van der Waals surface area contributed by atoms with Gasteiger partial charge in [0, 0.05) is 18.8 Å². The minimum atomic E-state index is -4.44. The number of nitrogens with one attached hydrogen (secondary N) is 1. The highest BCUT2D eigenvalue weighted by Crippen LogP contribution is 2.33. The summed E-state index contributed by atoms with van der Waals surface area (Å²) in [5, 5.41) is 11.0. The second-order valence-electron chi connectivity index (χ2n) is 4.71. The molecule has 2 heterocycles. The summed E-state index contributed by atoms with van der Waals surface area (Å²) < 4.78 is 38.4. The third-order valence-electron chi connectivity index (χ3n) is 3.26. The summed E-state index contributed by atoms with van der Waals surface area (Å²) in [7, 11) is 0. The number of hydrogen-bond acceptors (Lipinski definition) is 3. The van der Waals surface area contributed by atoms with Crippen molar-refractivity contribution in [1.29, 1.82) is 0 Å². The molecule has 0 bridgehead atoms. The lowest BCUT2D eigenvalue weighted by Crippen LogP contribution is -2.36. The van der Waals surface area contributed by atoms with E-state index in [-0.39, 0.29) is 11.7 Å². The number of pyridine rings is 1. The van der Waals surface area contributed by atoms with E-state index in [1.165, 1.54) is 13.1 Å². The zero-order valence-corrected chi connectivity index (χ0v) is 10.7. The quantitative estimate of drug-likeness (QED) is 0.876. The van der Waals surface area contributed by atoms with Crippen LogP contribution in [0, 0.1) is 6.92 Å². The van der Waals surface area contributed by atoms with E-state index in [9.17, 15) is 18.0 Å². The molecular formula is C12H14F3N3O2. The first-order valence-electron chi connectivity index (χ1n) is 6.05. The fraction of sp³-hybridized carbons (Fsp3) is 0.500. The van der Waals surface area contributed by atoms with Gasteiger partial charge >= 0.3 is 12.3 Å². The lowest BCUT2D eigenvalue weighted by atomic mass is 10.2. The Morgan fingerprint density at radius 3 is 2.85 bits per heavy atom. The molecule has 0 spiro atoms. The van der Waals surface area contributed by atoms with Crippen molar-refractivity contribution in [3.05, 3.63) is 23.5 Å². The topological polar surface area (TPSA) is 65.5 Å². The Hall–Kier alpha value is -1.99. The number of aromatic nitrogens is 1. The number of alkyl halides is 3. The standard InChI is InChI=1S/C12H14F3N3O2/c1-7-10(12(13,14)15)4-9(5-16-7)18-3-2-8(6-18)17-11(19)20/h4-5,8,17H,2-3,6H2,1H3,(H,19,20)/t8-/m1/s1. The predicted molar refractivity (Wildman–Crippen MR) is 65.8 cm³/mol. The van der Waals surface area contributed by atoms with Crippen LogP contribution in [-0.4, -0.2) is 35.3 Å². The lowest BCUT2D eigenvalue weighted by molar-refractivity contribution is -0.138. The van der Waals surface area contributed by atoms with Gasteiger partial charge in [-0.1, -0.05) is 0 Å². The van der Waals surface area contributed by atoms with Crippen LogP contribution in [0.25, 0.3) is 0 Å². The van der Waals surface area contributed by atoms with Crippen LogP contribution in [0.1, 0.15) is 17.7 Å². The largest absolute Gasteiger partial charge is 0.465 e. The van der Waals surface area contributed by atoms with Crippen molar-refractivity contribution in [2.24, 2.45) is 0 Å². The fourth-order valence-electron chi connectivity index (χ4n) is 2.27. The summed E-state index contributed by atoms with van der Waals surface area (Å²) >= 11 is 0. The maximum absolute atomic E-state index is 12.8. The number of carboxylic acid groups (broad SMARTS) is 1. The van der Waals surface area contributed by atoms with Gasteiger partial charge in [0.1, 0.15) is 0 Å². The Labute approximate surface area is 113 Å². The number of amides is 1. The molecule has 1 fully saturated rings. The zero-order valence-electron chi connectivity index (χ0n) is 10.7. The van der Waals surface area contributed by atoms with Gasteiger partial charge in [0.2, 0.25) is 0 Å². The third kappa shape index (κ3) is 3.12. The van der Waals surface area contributed by atoms with E-state index in [0.29, 0.717) is 25.2 Å². The second kappa shape index (κ2) is 5.18. The first kappa shape index (κ1) is 14.4.